The van der Waals surface area contributed by atoms with Crippen LogP contribution in [0.25, 0.3) is 0 Å². The van der Waals surface area contributed by atoms with Gasteiger partial charge in [0.05, 0.1) is 23.7 Å². The van der Waals surface area contributed by atoms with Crippen LogP contribution in [0.4, 0.5) is 13.2 Å². The summed E-state index contributed by atoms with van der Waals surface area (Å²) in [5, 5.41) is 11.4. The number of carboxylic acids is 1. The minimum absolute atomic E-state index is 0. The smallest absolute Gasteiger partial charge is 0.417 e. The number of rotatable bonds is 16. The maximum atomic E-state index is 13.6. The van der Waals surface area contributed by atoms with Crippen molar-refractivity contribution in [2.24, 2.45) is 0 Å². The number of nitrogens with zero attached hydrogens (tertiary/aromatic N) is 1. The van der Waals surface area contributed by atoms with E-state index in [9.17, 15) is 18.0 Å². The lowest BCUT2D eigenvalue weighted by Gasteiger charge is -2.29. The van der Waals surface area contributed by atoms with Gasteiger partial charge in [-0.15, -0.1) is 12.4 Å². The molecule has 5 nitrogen and oxygen atoms in total. The van der Waals surface area contributed by atoms with E-state index in [2.05, 4.69) is 34.5 Å². The summed E-state index contributed by atoms with van der Waals surface area (Å²) in [5.41, 5.74) is 2.84. The first kappa shape index (κ1) is 35.9. The molecule has 0 fully saturated rings. The number of carbonyl (C=O) groups is 1. The van der Waals surface area contributed by atoms with E-state index in [0.29, 0.717) is 50.4 Å². The minimum atomic E-state index is -4.54. The van der Waals surface area contributed by atoms with E-state index >= 15 is 0 Å². The predicted octanol–water partition coefficient (Wildman–Crippen LogP) is 8.10. The lowest BCUT2D eigenvalue weighted by molar-refractivity contribution is -0.138. The van der Waals surface area contributed by atoms with E-state index in [1.54, 1.807) is 6.07 Å². The molecule has 0 saturated carbocycles. The molecule has 0 radical (unpaired) electrons. The summed E-state index contributed by atoms with van der Waals surface area (Å²) < 4.78 is 46.9. The van der Waals surface area contributed by atoms with Crippen LogP contribution in [0.3, 0.4) is 0 Å². The number of halogens is 5. The van der Waals surface area contributed by atoms with Gasteiger partial charge in [0.25, 0.3) is 0 Å². The first-order valence-electron chi connectivity index (χ1n) is 14.5. The third-order valence-corrected chi connectivity index (χ3v) is 7.72. The molecule has 0 heterocycles. The van der Waals surface area contributed by atoms with Crippen molar-refractivity contribution >= 4 is 30.0 Å². The number of hydrogen-bond acceptors (Lipinski definition) is 4. The number of carboxylic acid groups (broad SMARTS) is 1. The Morgan fingerprint density at radius 1 is 0.911 bits per heavy atom. The first-order valence-corrected chi connectivity index (χ1v) is 14.9. The molecule has 10 heteroatoms. The van der Waals surface area contributed by atoms with E-state index in [1.807, 2.05) is 60.7 Å². The highest BCUT2D eigenvalue weighted by Crippen LogP contribution is 2.37. The van der Waals surface area contributed by atoms with Crippen LogP contribution >= 0.6 is 24.0 Å². The molecule has 0 aromatic heterocycles. The largest absolute Gasteiger partial charge is 0.494 e. The fourth-order valence-corrected chi connectivity index (χ4v) is 5.42. The van der Waals surface area contributed by atoms with Crippen molar-refractivity contribution in [2.75, 3.05) is 32.8 Å². The molecular formula is C35H37Cl2F3N2O3. The lowest BCUT2D eigenvalue weighted by Crippen LogP contribution is -2.31. The van der Waals surface area contributed by atoms with Crippen molar-refractivity contribution in [1.82, 2.24) is 10.2 Å². The Balaban J connectivity index is 0.00000552. The molecule has 4 aromatic carbocycles. The molecule has 2 N–H and O–H groups in total. The molecule has 0 unspecified atom stereocenters. The van der Waals surface area contributed by atoms with Crippen molar-refractivity contribution in [3.05, 3.63) is 136 Å². The van der Waals surface area contributed by atoms with Gasteiger partial charge in [-0.3, -0.25) is 9.69 Å². The highest BCUT2D eigenvalue weighted by Gasteiger charge is 2.34. The summed E-state index contributed by atoms with van der Waals surface area (Å²) in [5.74, 6) is -0.195. The fraction of sp³-hybridized carbons (Fsp3) is 0.286. The Labute approximate surface area is 273 Å². The van der Waals surface area contributed by atoms with Crippen LogP contribution in [0.1, 0.15) is 40.2 Å². The molecule has 4 rings (SSSR count). The van der Waals surface area contributed by atoms with Gasteiger partial charge < -0.3 is 15.2 Å². The second-order valence-corrected chi connectivity index (χ2v) is 10.9. The molecule has 0 atom stereocenters. The Hall–Kier alpha value is -3.56. The van der Waals surface area contributed by atoms with E-state index in [0.717, 1.165) is 22.8 Å². The second kappa shape index (κ2) is 17.8. The Kier molecular flexibility index (Phi) is 14.2. The van der Waals surface area contributed by atoms with Crippen molar-refractivity contribution < 1.29 is 27.8 Å². The Morgan fingerprint density at radius 3 is 2.18 bits per heavy atom. The van der Waals surface area contributed by atoms with Gasteiger partial charge in [0.2, 0.25) is 0 Å². The Bertz CT molecular complexity index is 1430. The maximum absolute atomic E-state index is 13.6. The van der Waals surface area contributed by atoms with Crippen LogP contribution in [0.5, 0.6) is 5.75 Å². The van der Waals surface area contributed by atoms with E-state index in [-0.39, 0.29) is 36.4 Å². The van der Waals surface area contributed by atoms with Crippen LogP contribution in [0.2, 0.25) is 5.02 Å². The van der Waals surface area contributed by atoms with Crippen LogP contribution in [-0.4, -0.2) is 48.8 Å². The molecule has 0 aliphatic carbocycles. The summed E-state index contributed by atoms with van der Waals surface area (Å²) in [7, 11) is 0. The number of alkyl halides is 3. The maximum Gasteiger partial charge on any atom is 0.417 e. The van der Waals surface area contributed by atoms with Gasteiger partial charge in [-0.2, -0.15) is 13.2 Å². The monoisotopic (exact) mass is 660 g/mol. The highest BCUT2D eigenvalue weighted by atomic mass is 35.5. The third kappa shape index (κ3) is 11.4. The van der Waals surface area contributed by atoms with Crippen molar-refractivity contribution in [1.29, 1.82) is 0 Å². The summed E-state index contributed by atoms with van der Waals surface area (Å²) in [6.07, 6.45) is -3.24. The average Bonchev–Trinajstić information content (AvgIpc) is 3.01. The van der Waals surface area contributed by atoms with Gasteiger partial charge in [-0.05, 0) is 59.8 Å². The van der Waals surface area contributed by atoms with Gasteiger partial charge in [-0.25, -0.2) is 0 Å². The molecule has 0 spiro atoms. The number of nitrogens with one attached hydrogen (secondary N) is 1. The molecule has 0 aliphatic rings. The summed E-state index contributed by atoms with van der Waals surface area (Å²) >= 11 is 6.32. The van der Waals surface area contributed by atoms with Gasteiger partial charge in [0, 0.05) is 25.6 Å². The van der Waals surface area contributed by atoms with Crippen LogP contribution in [0.15, 0.2) is 103 Å². The fourth-order valence-electron chi connectivity index (χ4n) is 5.13. The zero-order chi connectivity index (χ0) is 31.4. The van der Waals surface area contributed by atoms with E-state index in [1.165, 1.54) is 6.07 Å². The summed E-state index contributed by atoms with van der Waals surface area (Å²) in [4.78, 5) is 12.8. The zero-order valence-corrected chi connectivity index (χ0v) is 26.3. The molecular weight excluding hydrogens is 624 g/mol. The van der Waals surface area contributed by atoms with E-state index in [4.69, 9.17) is 21.4 Å². The summed E-state index contributed by atoms with van der Waals surface area (Å²) in [6.45, 7) is 2.24. The molecule has 0 aliphatic heterocycles. The van der Waals surface area contributed by atoms with Gasteiger partial charge in [0.15, 0.2) is 0 Å². The molecule has 45 heavy (non-hydrogen) atoms. The molecule has 0 bridgehead atoms. The van der Waals surface area contributed by atoms with Crippen molar-refractivity contribution in [2.45, 2.75) is 31.5 Å². The number of benzene rings is 4. The normalized spacial score (nSPS) is 11.4. The number of ether oxygens (including phenoxy) is 1. The predicted molar refractivity (Wildman–Crippen MR) is 174 cm³/mol. The Morgan fingerprint density at radius 2 is 1.56 bits per heavy atom. The SMILES string of the molecule is Cl.O=C(O)CNCCc1cccc(OCCCN(Cc2cccc(C(F)(F)F)c2Cl)CC(c2ccccc2)c2ccccc2)c1. The minimum Gasteiger partial charge on any atom is -0.494 e. The molecule has 0 amide bonds. The van der Waals surface area contributed by atoms with Gasteiger partial charge in [0.1, 0.15) is 5.75 Å². The molecule has 240 valence electrons. The molecule has 0 saturated heterocycles. The number of hydrogen-bond donors (Lipinski definition) is 2. The molecule has 4 aromatic rings. The van der Waals surface area contributed by atoms with Crippen LogP contribution in [0, 0.1) is 0 Å². The quantitative estimate of drug-likeness (QED) is 0.119. The van der Waals surface area contributed by atoms with Gasteiger partial charge >= 0.3 is 12.1 Å². The summed E-state index contributed by atoms with van der Waals surface area (Å²) in [6, 6.07) is 31.9. The third-order valence-electron chi connectivity index (χ3n) is 7.28. The lowest BCUT2D eigenvalue weighted by atomic mass is 9.90. The zero-order valence-electron chi connectivity index (χ0n) is 24.7. The van der Waals surface area contributed by atoms with E-state index < -0.39 is 17.7 Å². The van der Waals surface area contributed by atoms with Crippen LogP contribution < -0.4 is 10.1 Å². The topological polar surface area (TPSA) is 61.8 Å². The van der Waals surface area contributed by atoms with Crippen molar-refractivity contribution in [3.8, 4) is 5.75 Å². The number of aliphatic carboxylic acids is 1. The second-order valence-electron chi connectivity index (χ2n) is 10.6. The van der Waals surface area contributed by atoms with Crippen molar-refractivity contribution in [3.63, 3.8) is 0 Å². The van der Waals surface area contributed by atoms with Gasteiger partial charge in [-0.1, -0.05) is 96.5 Å². The first-order chi connectivity index (χ1) is 21.2. The van der Waals surface area contributed by atoms with Crippen LogP contribution in [-0.2, 0) is 23.9 Å². The highest BCUT2D eigenvalue weighted by molar-refractivity contribution is 6.32. The average molecular weight is 662 g/mol. The standard InChI is InChI=1S/C35H36ClF3N2O3.ClH/c36-34-29(15-8-17-32(34)35(37,38)39)24-41(25-31(27-11-3-1-4-12-27)28-13-5-2-6-14-28)20-9-21-44-30-16-7-10-26(22-30)18-19-40-23-33(42)43;/h1-8,10-17,22,31,40H,9,18-21,23-25H2,(H,42,43);1H.